The molecule has 0 aromatic heterocycles. The molecule has 3 atom stereocenters. The number of aliphatic hydroxyl groups excluding tert-OH is 1. The van der Waals surface area contributed by atoms with Crippen molar-refractivity contribution in [2.45, 2.75) is 50.8 Å². The zero-order valence-electron chi connectivity index (χ0n) is 24.2. The molecule has 42 heavy (non-hydrogen) atoms. The molecule has 0 fully saturated rings. The maximum atomic E-state index is 13.5. The number of rotatable bonds is 9. The molecule has 0 aliphatic carbocycles. The van der Waals surface area contributed by atoms with E-state index in [4.69, 9.17) is 27.9 Å². The summed E-state index contributed by atoms with van der Waals surface area (Å²) in [5.41, 5.74) is 2.84. The summed E-state index contributed by atoms with van der Waals surface area (Å²) in [4.78, 5) is 17.4. The lowest BCUT2D eigenvalue weighted by molar-refractivity contribution is -0.134. The number of hydrogen-bond acceptors (Lipinski definition) is 6. The zero-order chi connectivity index (χ0) is 30.6. The molecule has 1 aliphatic heterocycles. The van der Waals surface area contributed by atoms with E-state index in [9.17, 15) is 18.3 Å². The molecular formula is C31H37Cl2N3O5S. The number of aryl methyl sites for hydroxylation is 1. The Kier molecular flexibility index (Phi) is 10.4. The van der Waals surface area contributed by atoms with E-state index in [2.05, 4.69) is 9.62 Å². The van der Waals surface area contributed by atoms with Gasteiger partial charge < -0.3 is 14.7 Å². The third kappa shape index (κ3) is 7.96. The molecule has 0 bridgehead atoms. The first-order chi connectivity index (χ1) is 19.9. The van der Waals surface area contributed by atoms with Gasteiger partial charge in [0.25, 0.3) is 10.0 Å². The Morgan fingerprint density at radius 1 is 1.10 bits per heavy atom. The normalized spacial score (nSPS) is 18.5. The first kappa shape index (κ1) is 32.1. The second-order valence-electron chi connectivity index (χ2n) is 11.1. The summed E-state index contributed by atoms with van der Waals surface area (Å²) in [6, 6.07) is 16.7. The third-order valence-corrected chi connectivity index (χ3v) is 9.56. The highest BCUT2D eigenvalue weighted by Gasteiger charge is 2.31. The summed E-state index contributed by atoms with van der Waals surface area (Å²) in [5, 5.41) is 10.9. The molecule has 3 aromatic carbocycles. The van der Waals surface area contributed by atoms with Crippen LogP contribution >= 0.6 is 23.2 Å². The van der Waals surface area contributed by atoms with Crippen molar-refractivity contribution in [3.05, 3.63) is 87.4 Å². The van der Waals surface area contributed by atoms with Crippen molar-refractivity contribution >= 4 is 44.8 Å². The van der Waals surface area contributed by atoms with Crippen LogP contribution in [0.3, 0.4) is 0 Å². The molecule has 1 amide bonds. The van der Waals surface area contributed by atoms with Crippen molar-refractivity contribution < 1.29 is 23.1 Å². The van der Waals surface area contributed by atoms with Crippen LogP contribution in [0.2, 0.25) is 10.0 Å². The van der Waals surface area contributed by atoms with Gasteiger partial charge in [-0.15, -0.1) is 0 Å². The van der Waals surface area contributed by atoms with E-state index in [1.54, 1.807) is 53.4 Å². The van der Waals surface area contributed by atoms with Gasteiger partial charge in [-0.25, -0.2) is 8.42 Å². The first-order valence-corrected chi connectivity index (χ1v) is 16.0. The molecule has 11 heteroatoms. The zero-order valence-corrected chi connectivity index (χ0v) is 26.5. The quantitative estimate of drug-likeness (QED) is 0.328. The second kappa shape index (κ2) is 13.7. The number of nitrogens with one attached hydrogen (secondary N) is 1. The monoisotopic (exact) mass is 633 g/mol. The van der Waals surface area contributed by atoms with Gasteiger partial charge in [0.1, 0.15) is 11.9 Å². The lowest BCUT2D eigenvalue weighted by Gasteiger charge is -2.34. The minimum Gasteiger partial charge on any atom is -0.488 e. The minimum atomic E-state index is -3.84. The highest BCUT2D eigenvalue weighted by Crippen LogP contribution is 2.30. The maximum absolute atomic E-state index is 13.5. The smallest absolute Gasteiger partial charge is 0.261 e. The van der Waals surface area contributed by atoms with Crippen molar-refractivity contribution in [1.82, 2.24) is 9.80 Å². The van der Waals surface area contributed by atoms with Crippen molar-refractivity contribution in [2.75, 3.05) is 31.5 Å². The minimum absolute atomic E-state index is 0.00166. The molecule has 226 valence electrons. The van der Waals surface area contributed by atoms with Gasteiger partial charge in [-0.1, -0.05) is 53.9 Å². The van der Waals surface area contributed by atoms with Gasteiger partial charge in [0.2, 0.25) is 5.91 Å². The van der Waals surface area contributed by atoms with Crippen molar-refractivity contribution in [1.29, 1.82) is 0 Å². The summed E-state index contributed by atoms with van der Waals surface area (Å²) >= 11 is 12.3. The fourth-order valence-corrected chi connectivity index (χ4v) is 6.33. The van der Waals surface area contributed by atoms with Gasteiger partial charge in [0.05, 0.1) is 34.0 Å². The third-order valence-electron chi connectivity index (χ3n) is 7.43. The first-order valence-electron chi connectivity index (χ1n) is 13.8. The van der Waals surface area contributed by atoms with Crippen molar-refractivity contribution in [3.8, 4) is 5.75 Å². The van der Waals surface area contributed by atoms with Gasteiger partial charge in [-0.05, 0) is 68.9 Å². The summed E-state index contributed by atoms with van der Waals surface area (Å²) in [6.45, 7) is 7.08. The van der Waals surface area contributed by atoms with Crippen LogP contribution in [0.15, 0.2) is 65.6 Å². The predicted molar refractivity (Wildman–Crippen MR) is 167 cm³/mol. The SMILES string of the molecule is Cc1ccc(S(=O)(=O)Nc2ccc3c(c2)CC(=O)N([C@@H](C)CO)C[C@H](C)[C@@H](CN(C)Cc2ccc(Cl)c(Cl)c2)O3)cc1. The summed E-state index contributed by atoms with van der Waals surface area (Å²) in [5.74, 6) is 0.265. The van der Waals surface area contributed by atoms with Gasteiger partial charge in [0.15, 0.2) is 0 Å². The number of carbonyl (C=O) groups is 1. The summed E-state index contributed by atoms with van der Waals surface area (Å²) < 4.78 is 35.3. The number of hydrogen-bond donors (Lipinski definition) is 2. The number of halogens is 2. The van der Waals surface area contributed by atoms with Crippen LogP contribution in [0.1, 0.15) is 30.5 Å². The fraction of sp³-hybridized carbons (Fsp3) is 0.387. The number of nitrogens with zero attached hydrogens (tertiary/aromatic N) is 2. The number of carbonyl (C=O) groups excluding carboxylic acids is 1. The molecular weight excluding hydrogens is 597 g/mol. The predicted octanol–water partition coefficient (Wildman–Crippen LogP) is 5.38. The lowest BCUT2D eigenvalue weighted by atomic mass is 10.0. The molecule has 0 radical (unpaired) electrons. The van der Waals surface area contributed by atoms with Crippen LogP contribution in [0.25, 0.3) is 0 Å². The Balaban J connectivity index is 1.62. The number of anilines is 1. The van der Waals surface area contributed by atoms with Crippen LogP contribution < -0.4 is 9.46 Å². The average molecular weight is 635 g/mol. The number of aliphatic hydroxyl groups is 1. The maximum Gasteiger partial charge on any atom is 0.261 e. The number of fused-ring (bicyclic) bond motifs is 1. The van der Waals surface area contributed by atoms with E-state index in [1.165, 1.54) is 0 Å². The molecule has 0 spiro atoms. The molecule has 8 nitrogen and oxygen atoms in total. The van der Waals surface area contributed by atoms with Crippen molar-refractivity contribution in [3.63, 3.8) is 0 Å². The number of sulfonamides is 1. The summed E-state index contributed by atoms with van der Waals surface area (Å²) in [7, 11) is -1.86. The van der Waals surface area contributed by atoms with Crippen LogP contribution in [0.5, 0.6) is 5.75 Å². The highest BCUT2D eigenvalue weighted by molar-refractivity contribution is 7.92. The number of benzene rings is 3. The Morgan fingerprint density at radius 2 is 1.81 bits per heavy atom. The van der Waals surface area contributed by atoms with Crippen LogP contribution in [0.4, 0.5) is 5.69 Å². The molecule has 0 saturated heterocycles. The fourth-order valence-electron chi connectivity index (χ4n) is 4.96. The van der Waals surface area contributed by atoms with Crippen molar-refractivity contribution in [2.24, 2.45) is 5.92 Å². The Bertz CT molecular complexity index is 1520. The van der Waals surface area contributed by atoms with Gasteiger partial charge >= 0.3 is 0 Å². The van der Waals surface area contributed by atoms with E-state index >= 15 is 0 Å². The Hall–Kier alpha value is -2.82. The average Bonchev–Trinajstić information content (AvgIpc) is 2.98. The second-order valence-corrected chi connectivity index (χ2v) is 13.6. The molecule has 0 saturated carbocycles. The molecule has 4 rings (SSSR count). The van der Waals surface area contributed by atoms with Gasteiger partial charge in [-0.2, -0.15) is 0 Å². The van der Waals surface area contributed by atoms with Gasteiger partial charge in [-0.3, -0.25) is 14.4 Å². The molecule has 3 aromatic rings. The standard InChI is InChI=1S/C31H37Cl2N3O5S/c1-20-5-9-26(10-6-20)42(39,40)34-25-8-12-29-24(14-25)15-31(38)36(22(3)19-37)16-21(2)30(41-29)18-35(4)17-23-7-11-27(32)28(33)13-23/h5-14,21-22,30,34,37H,15-19H2,1-4H3/t21-,22-,30+/m0/s1. The molecule has 2 N–H and O–H groups in total. The molecule has 1 aliphatic rings. The van der Waals surface area contributed by atoms with E-state index in [-0.39, 0.29) is 41.9 Å². The largest absolute Gasteiger partial charge is 0.488 e. The Labute approximate surface area is 258 Å². The molecule has 1 heterocycles. The van der Waals surface area contributed by atoms with Gasteiger partial charge in [0, 0.05) is 36.8 Å². The van der Waals surface area contributed by atoms with Crippen LogP contribution in [-0.2, 0) is 27.8 Å². The van der Waals surface area contributed by atoms with E-state index in [1.807, 2.05) is 40.0 Å². The van der Waals surface area contributed by atoms with E-state index in [0.29, 0.717) is 46.7 Å². The van der Waals surface area contributed by atoms with E-state index in [0.717, 1.165) is 11.1 Å². The Morgan fingerprint density at radius 3 is 2.48 bits per heavy atom. The number of ether oxygens (including phenoxy) is 1. The lowest BCUT2D eigenvalue weighted by Crippen LogP contribution is -2.47. The number of likely N-dealkylation sites (N-methyl/N-ethyl adjacent to an activating group) is 1. The number of amides is 1. The summed E-state index contributed by atoms with van der Waals surface area (Å²) in [6.07, 6.45) is -0.316. The van der Waals surface area contributed by atoms with E-state index < -0.39 is 10.0 Å². The van der Waals surface area contributed by atoms with Crippen LogP contribution in [-0.4, -0.2) is 68.1 Å². The topological polar surface area (TPSA) is 99.2 Å². The van der Waals surface area contributed by atoms with Crippen LogP contribution in [0, 0.1) is 12.8 Å². The highest BCUT2D eigenvalue weighted by atomic mass is 35.5. The molecule has 0 unspecified atom stereocenters.